The van der Waals surface area contributed by atoms with Gasteiger partial charge in [-0.25, -0.2) is 13.6 Å². The van der Waals surface area contributed by atoms with E-state index in [0.717, 1.165) is 0 Å². The van der Waals surface area contributed by atoms with Crippen molar-refractivity contribution < 1.29 is 13.5 Å². The summed E-state index contributed by atoms with van der Waals surface area (Å²) in [4.78, 5) is 0.0138. The Morgan fingerprint density at radius 2 is 1.64 bits per heavy atom. The van der Waals surface area contributed by atoms with Gasteiger partial charge >= 0.3 is 0 Å². The Balaban J connectivity index is 2.03. The fourth-order valence-corrected chi connectivity index (χ4v) is 2.44. The summed E-state index contributed by atoms with van der Waals surface area (Å²) < 4.78 is 24.0. The van der Waals surface area contributed by atoms with E-state index in [4.69, 9.17) is 5.14 Å². The molecule has 3 rings (SSSR count). The first kappa shape index (κ1) is 14.2. The largest absolute Gasteiger partial charge is 0.508 e. The van der Waals surface area contributed by atoms with Gasteiger partial charge in [0.25, 0.3) is 0 Å². The van der Waals surface area contributed by atoms with Crippen LogP contribution in [0.3, 0.4) is 0 Å². The van der Waals surface area contributed by atoms with Crippen LogP contribution in [0.2, 0.25) is 0 Å². The van der Waals surface area contributed by atoms with E-state index in [2.05, 4.69) is 15.5 Å². The number of phenolic OH excluding ortho intramolecular Hbond substituents is 1. The lowest BCUT2D eigenvalue weighted by molar-refractivity contribution is 0.475. The van der Waals surface area contributed by atoms with E-state index in [1.807, 2.05) is 0 Å². The maximum atomic E-state index is 11.3. The van der Waals surface area contributed by atoms with Gasteiger partial charge in [-0.05, 0) is 59.0 Å². The number of nitrogens with zero attached hydrogens (tertiary/aromatic N) is 4. The van der Waals surface area contributed by atoms with Crippen LogP contribution in [0.5, 0.6) is 5.75 Å². The molecule has 3 N–H and O–H groups in total. The summed E-state index contributed by atoms with van der Waals surface area (Å²) in [6, 6.07) is 12.3. The summed E-state index contributed by atoms with van der Waals surface area (Å²) in [5, 5.41) is 25.8. The average Bonchev–Trinajstić information content (AvgIpc) is 2.97. The Labute approximate surface area is 125 Å². The van der Waals surface area contributed by atoms with Gasteiger partial charge in [0, 0.05) is 5.56 Å². The number of aromatic nitrogens is 4. The van der Waals surface area contributed by atoms with Crippen LogP contribution in [0.1, 0.15) is 0 Å². The van der Waals surface area contributed by atoms with E-state index in [9.17, 15) is 13.5 Å². The molecular weight excluding hydrogens is 306 g/mol. The van der Waals surface area contributed by atoms with Gasteiger partial charge in [-0.3, -0.25) is 0 Å². The minimum atomic E-state index is -3.74. The first-order chi connectivity index (χ1) is 10.4. The van der Waals surface area contributed by atoms with Crippen molar-refractivity contribution in [2.24, 2.45) is 5.14 Å². The molecule has 0 amide bonds. The second kappa shape index (κ2) is 5.20. The van der Waals surface area contributed by atoms with Crippen LogP contribution >= 0.6 is 0 Å². The Kier molecular flexibility index (Phi) is 3.35. The molecule has 0 spiro atoms. The summed E-state index contributed by atoms with van der Waals surface area (Å²) in [6.07, 6.45) is 0. The predicted molar refractivity (Wildman–Crippen MR) is 77.6 cm³/mol. The van der Waals surface area contributed by atoms with E-state index in [1.165, 1.54) is 28.9 Å². The highest BCUT2D eigenvalue weighted by Crippen LogP contribution is 2.22. The molecule has 8 nitrogen and oxygen atoms in total. The first-order valence-electron chi connectivity index (χ1n) is 6.16. The lowest BCUT2D eigenvalue weighted by Gasteiger charge is -2.05. The molecule has 0 atom stereocenters. The van der Waals surface area contributed by atoms with Gasteiger partial charge in [0.2, 0.25) is 10.0 Å². The van der Waals surface area contributed by atoms with Gasteiger partial charge in [0.15, 0.2) is 5.82 Å². The van der Waals surface area contributed by atoms with Gasteiger partial charge in [-0.15, -0.1) is 5.10 Å². The molecule has 0 saturated heterocycles. The molecule has 0 aliphatic carbocycles. The molecule has 1 heterocycles. The number of aromatic hydroxyl groups is 1. The number of primary sulfonamides is 1. The maximum absolute atomic E-state index is 11.3. The summed E-state index contributed by atoms with van der Waals surface area (Å²) in [7, 11) is -3.74. The maximum Gasteiger partial charge on any atom is 0.238 e. The van der Waals surface area contributed by atoms with E-state index < -0.39 is 10.0 Å². The van der Waals surface area contributed by atoms with Gasteiger partial charge in [0.05, 0.1) is 10.6 Å². The molecule has 0 radical (unpaired) electrons. The molecule has 0 saturated carbocycles. The van der Waals surface area contributed by atoms with Crippen LogP contribution < -0.4 is 5.14 Å². The molecule has 22 heavy (non-hydrogen) atoms. The molecule has 2 aromatic carbocycles. The van der Waals surface area contributed by atoms with Crippen molar-refractivity contribution in [1.29, 1.82) is 0 Å². The van der Waals surface area contributed by atoms with Crippen LogP contribution in [0.25, 0.3) is 17.1 Å². The second-order valence-electron chi connectivity index (χ2n) is 4.50. The van der Waals surface area contributed by atoms with Gasteiger partial charge in [0.1, 0.15) is 5.75 Å². The number of tetrazole rings is 1. The molecule has 3 aromatic rings. The van der Waals surface area contributed by atoms with E-state index >= 15 is 0 Å². The molecular formula is C13H11N5O3S. The fourth-order valence-electron chi connectivity index (χ4n) is 1.93. The zero-order valence-electron chi connectivity index (χ0n) is 11.2. The molecule has 0 aliphatic rings. The number of rotatable bonds is 3. The second-order valence-corrected chi connectivity index (χ2v) is 6.06. The summed E-state index contributed by atoms with van der Waals surface area (Å²) in [5.74, 6) is 0.572. The number of nitrogens with two attached hydrogens (primary N) is 1. The third kappa shape index (κ3) is 2.67. The highest BCUT2D eigenvalue weighted by molar-refractivity contribution is 7.89. The zero-order chi connectivity index (χ0) is 15.7. The predicted octanol–water partition coefficient (Wildman–Crippen LogP) is 0.682. The number of hydrogen-bond donors (Lipinski definition) is 2. The van der Waals surface area contributed by atoms with Crippen LogP contribution in [0.15, 0.2) is 53.4 Å². The lowest BCUT2D eigenvalue weighted by atomic mass is 10.2. The third-order valence-corrected chi connectivity index (χ3v) is 3.93. The molecule has 0 bridgehead atoms. The van der Waals surface area contributed by atoms with Crippen LogP contribution in [-0.4, -0.2) is 33.7 Å². The monoisotopic (exact) mass is 317 g/mol. The molecule has 9 heteroatoms. The van der Waals surface area contributed by atoms with E-state index in [-0.39, 0.29) is 10.6 Å². The zero-order valence-corrected chi connectivity index (χ0v) is 12.0. The molecule has 0 aliphatic heterocycles. The van der Waals surface area contributed by atoms with Crippen molar-refractivity contribution in [1.82, 2.24) is 20.2 Å². The Bertz CT molecular complexity index is 902. The van der Waals surface area contributed by atoms with Crippen molar-refractivity contribution >= 4 is 10.0 Å². The highest BCUT2D eigenvalue weighted by atomic mass is 32.2. The molecule has 0 fully saturated rings. The standard InChI is InChI=1S/C13H11N5O3S/c14-22(20,21)12-7-1-9(2-8-12)13-15-16-17-18(13)10-3-5-11(19)6-4-10/h1-8,19H,(H2,14,20,21). The highest BCUT2D eigenvalue weighted by Gasteiger charge is 2.13. The number of benzene rings is 2. The van der Waals surface area contributed by atoms with Crippen molar-refractivity contribution in [3.8, 4) is 22.8 Å². The van der Waals surface area contributed by atoms with E-state index in [1.54, 1.807) is 24.3 Å². The summed E-state index contributed by atoms with van der Waals surface area (Å²) >= 11 is 0. The Morgan fingerprint density at radius 3 is 2.23 bits per heavy atom. The fraction of sp³-hybridized carbons (Fsp3) is 0. The number of hydrogen-bond acceptors (Lipinski definition) is 6. The normalized spacial score (nSPS) is 11.5. The number of phenols is 1. The topological polar surface area (TPSA) is 124 Å². The Hall–Kier alpha value is -2.78. The number of sulfonamides is 1. The van der Waals surface area contributed by atoms with Crippen molar-refractivity contribution in [2.75, 3.05) is 0 Å². The summed E-state index contributed by atoms with van der Waals surface area (Å²) in [5.41, 5.74) is 1.29. The third-order valence-electron chi connectivity index (χ3n) is 3.00. The summed E-state index contributed by atoms with van der Waals surface area (Å²) in [6.45, 7) is 0. The van der Waals surface area contributed by atoms with Gasteiger partial charge < -0.3 is 5.11 Å². The molecule has 112 valence electrons. The van der Waals surface area contributed by atoms with Gasteiger partial charge in [-0.2, -0.15) is 4.68 Å². The smallest absolute Gasteiger partial charge is 0.238 e. The SMILES string of the molecule is NS(=O)(=O)c1ccc(-c2nnnn2-c2ccc(O)cc2)cc1. The van der Waals surface area contributed by atoms with Crippen molar-refractivity contribution in [3.05, 3.63) is 48.5 Å². The minimum Gasteiger partial charge on any atom is -0.508 e. The molecule has 1 aromatic heterocycles. The lowest BCUT2D eigenvalue weighted by Crippen LogP contribution is -2.11. The van der Waals surface area contributed by atoms with Crippen LogP contribution in [0.4, 0.5) is 0 Å². The van der Waals surface area contributed by atoms with Crippen molar-refractivity contribution in [2.45, 2.75) is 4.90 Å². The Morgan fingerprint density at radius 1 is 1.00 bits per heavy atom. The molecule has 0 unspecified atom stereocenters. The first-order valence-corrected chi connectivity index (χ1v) is 7.71. The minimum absolute atomic E-state index is 0.0138. The van der Waals surface area contributed by atoms with Crippen molar-refractivity contribution in [3.63, 3.8) is 0 Å². The van der Waals surface area contributed by atoms with Crippen LogP contribution in [-0.2, 0) is 10.0 Å². The van der Waals surface area contributed by atoms with Crippen LogP contribution in [0, 0.1) is 0 Å². The van der Waals surface area contributed by atoms with Gasteiger partial charge in [-0.1, -0.05) is 0 Å². The average molecular weight is 317 g/mol. The quantitative estimate of drug-likeness (QED) is 0.732. The van der Waals surface area contributed by atoms with E-state index in [0.29, 0.717) is 17.1 Å².